The Kier molecular flexibility index (Phi) is 13.1. The van der Waals surface area contributed by atoms with Crippen molar-refractivity contribution in [1.82, 2.24) is 9.80 Å². The van der Waals surface area contributed by atoms with Gasteiger partial charge in [-0.3, -0.25) is 4.18 Å². The predicted molar refractivity (Wildman–Crippen MR) is 159 cm³/mol. The third-order valence-electron chi connectivity index (χ3n) is 7.52. The summed E-state index contributed by atoms with van der Waals surface area (Å²) >= 11 is 0. The molecule has 11 heteroatoms. The Bertz CT molecular complexity index is 1210. The Balaban J connectivity index is 0.000000235. The first-order valence-corrected chi connectivity index (χ1v) is 16.3. The largest absolute Gasteiger partial charge is 0.445 e. The summed E-state index contributed by atoms with van der Waals surface area (Å²) in [5, 5.41) is 9.61. The molecular formula is C31H44N2O8S. The average molecular weight is 605 g/mol. The van der Waals surface area contributed by atoms with Crippen LogP contribution >= 0.6 is 0 Å². The Labute approximate surface area is 249 Å². The Hall–Kier alpha value is -3.15. The molecule has 0 bridgehead atoms. The maximum atomic E-state index is 12.2. The number of ether oxygens (including phenoxy) is 2. The highest BCUT2D eigenvalue weighted by Gasteiger charge is 2.30. The molecule has 4 atom stereocenters. The molecule has 2 aromatic rings. The molecule has 2 aromatic carbocycles. The zero-order valence-electron chi connectivity index (χ0n) is 24.8. The van der Waals surface area contributed by atoms with Gasteiger partial charge in [0, 0.05) is 38.0 Å². The van der Waals surface area contributed by atoms with Crippen molar-refractivity contribution in [3.05, 3.63) is 71.8 Å². The minimum atomic E-state index is -3.49. The summed E-state index contributed by atoms with van der Waals surface area (Å²) in [5.41, 5.74) is 1.92. The van der Waals surface area contributed by atoms with Gasteiger partial charge in [-0.25, -0.2) is 9.59 Å². The first-order chi connectivity index (χ1) is 20.0. The summed E-state index contributed by atoms with van der Waals surface area (Å²) in [6.07, 6.45) is 3.11. The number of aliphatic hydroxyl groups excluding tert-OH is 1. The van der Waals surface area contributed by atoms with E-state index in [1.165, 1.54) is 0 Å². The van der Waals surface area contributed by atoms with Crippen LogP contribution in [0, 0.1) is 11.8 Å². The SMILES string of the molecule is C[C@H](O)[C@@H]1CCCN(C(=O)OCc2ccccc2)C1.C[C@H](OS(C)(=O)=O)[C@@H]1CCCN(C(=O)OCc2ccccc2)C1. The molecule has 0 aliphatic carbocycles. The Morgan fingerprint density at radius 1 is 0.810 bits per heavy atom. The Morgan fingerprint density at radius 2 is 1.24 bits per heavy atom. The van der Waals surface area contributed by atoms with Crippen LogP contribution in [0.15, 0.2) is 60.7 Å². The number of aliphatic hydroxyl groups is 1. The third-order valence-corrected chi connectivity index (χ3v) is 8.17. The number of carbonyl (C=O) groups is 2. The standard InChI is InChI=1S/C16H23NO5S.C15H21NO3/c1-13(22-23(2,19)20)15-9-6-10-17(11-15)16(18)21-12-14-7-4-3-5-8-14;1-12(17)14-8-5-9-16(10-14)15(18)19-11-13-6-3-2-4-7-13/h3-5,7-8,13,15H,6,9-12H2,1-2H3;2-4,6-7,12,14,17H,5,8-11H2,1H3/t13-,15+;12-,14+/m00/s1. The normalized spacial score (nSPS) is 20.5. The van der Waals surface area contributed by atoms with Crippen molar-refractivity contribution < 1.29 is 36.8 Å². The van der Waals surface area contributed by atoms with Crippen molar-refractivity contribution in [3.63, 3.8) is 0 Å². The number of hydrogen-bond donors (Lipinski definition) is 1. The second kappa shape index (κ2) is 16.5. The predicted octanol–water partition coefficient (Wildman–Crippen LogP) is 4.82. The monoisotopic (exact) mass is 604 g/mol. The number of likely N-dealkylation sites (tertiary alicyclic amines) is 2. The number of hydrogen-bond acceptors (Lipinski definition) is 8. The molecule has 2 aliphatic heterocycles. The van der Waals surface area contributed by atoms with Gasteiger partial charge >= 0.3 is 12.2 Å². The molecule has 1 N–H and O–H groups in total. The van der Waals surface area contributed by atoms with Crippen molar-refractivity contribution in [3.8, 4) is 0 Å². The second-order valence-corrected chi connectivity index (χ2v) is 12.6. The van der Waals surface area contributed by atoms with E-state index in [0.717, 1.165) is 49.6 Å². The second-order valence-electron chi connectivity index (χ2n) is 11.0. The highest BCUT2D eigenvalue weighted by molar-refractivity contribution is 7.86. The zero-order chi connectivity index (χ0) is 30.5. The highest BCUT2D eigenvalue weighted by atomic mass is 32.2. The van der Waals surface area contributed by atoms with E-state index >= 15 is 0 Å². The van der Waals surface area contributed by atoms with E-state index in [2.05, 4.69) is 0 Å². The van der Waals surface area contributed by atoms with Gasteiger partial charge in [-0.1, -0.05) is 60.7 Å². The third kappa shape index (κ3) is 11.6. The van der Waals surface area contributed by atoms with Crippen molar-refractivity contribution in [2.24, 2.45) is 11.8 Å². The summed E-state index contributed by atoms with van der Waals surface area (Å²) in [5.74, 6) is 0.153. The van der Waals surface area contributed by atoms with Gasteiger partial charge in [0.1, 0.15) is 13.2 Å². The van der Waals surface area contributed by atoms with Crippen LogP contribution in [0.5, 0.6) is 0 Å². The van der Waals surface area contributed by atoms with Crippen molar-refractivity contribution >= 4 is 22.3 Å². The molecule has 0 radical (unpaired) electrons. The van der Waals surface area contributed by atoms with Gasteiger partial charge in [0.15, 0.2) is 0 Å². The number of carbonyl (C=O) groups excluding carboxylic acids is 2. The molecular weight excluding hydrogens is 560 g/mol. The molecule has 232 valence electrons. The van der Waals surface area contributed by atoms with Crippen LogP contribution in [-0.4, -0.2) is 80.2 Å². The maximum absolute atomic E-state index is 12.2. The molecule has 0 saturated carbocycles. The quantitative estimate of drug-likeness (QED) is 0.426. The lowest BCUT2D eigenvalue weighted by atomic mass is 9.94. The summed E-state index contributed by atoms with van der Waals surface area (Å²) in [6, 6.07) is 19.1. The number of piperidine rings is 2. The van der Waals surface area contributed by atoms with Crippen LogP contribution < -0.4 is 0 Å². The van der Waals surface area contributed by atoms with Crippen molar-refractivity contribution in [2.45, 2.75) is 65.0 Å². The molecule has 2 saturated heterocycles. The van der Waals surface area contributed by atoms with Crippen molar-refractivity contribution in [1.29, 1.82) is 0 Å². The topological polar surface area (TPSA) is 123 Å². The smallest absolute Gasteiger partial charge is 0.410 e. The first-order valence-electron chi connectivity index (χ1n) is 14.5. The summed E-state index contributed by atoms with van der Waals surface area (Å²) in [6.45, 7) is 6.42. The zero-order valence-corrected chi connectivity index (χ0v) is 25.6. The van der Waals surface area contributed by atoms with Gasteiger partial charge in [0.2, 0.25) is 0 Å². The van der Waals surface area contributed by atoms with E-state index in [4.69, 9.17) is 13.7 Å². The fourth-order valence-electron chi connectivity index (χ4n) is 5.10. The molecule has 2 heterocycles. The summed E-state index contributed by atoms with van der Waals surface area (Å²) < 4.78 is 38.1. The number of rotatable bonds is 8. The summed E-state index contributed by atoms with van der Waals surface area (Å²) in [4.78, 5) is 27.5. The van der Waals surface area contributed by atoms with Crippen LogP contribution in [0.2, 0.25) is 0 Å². The van der Waals surface area contributed by atoms with E-state index in [1.54, 1.807) is 23.6 Å². The molecule has 2 aliphatic rings. The van der Waals surface area contributed by atoms with Gasteiger partial charge in [-0.05, 0) is 50.7 Å². The Morgan fingerprint density at radius 3 is 1.67 bits per heavy atom. The minimum absolute atomic E-state index is 0.0113. The lowest BCUT2D eigenvalue weighted by Crippen LogP contribution is -2.44. The van der Waals surface area contributed by atoms with Crippen molar-refractivity contribution in [2.75, 3.05) is 32.4 Å². The lowest BCUT2D eigenvalue weighted by molar-refractivity contribution is 0.0449. The van der Waals surface area contributed by atoms with Crippen LogP contribution in [0.25, 0.3) is 0 Å². The fourth-order valence-corrected chi connectivity index (χ4v) is 5.81. The molecule has 0 unspecified atom stereocenters. The van der Waals surface area contributed by atoms with Gasteiger partial charge in [0.25, 0.3) is 10.1 Å². The van der Waals surface area contributed by atoms with Crippen LogP contribution in [0.3, 0.4) is 0 Å². The van der Waals surface area contributed by atoms with Gasteiger partial charge in [-0.2, -0.15) is 8.42 Å². The number of benzene rings is 2. The first kappa shape index (κ1) is 33.4. The molecule has 10 nitrogen and oxygen atoms in total. The molecule has 0 spiro atoms. The highest BCUT2D eigenvalue weighted by Crippen LogP contribution is 2.23. The molecule has 42 heavy (non-hydrogen) atoms. The lowest BCUT2D eigenvalue weighted by Gasteiger charge is -2.34. The number of amides is 2. The van der Waals surface area contributed by atoms with Gasteiger partial charge in [0.05, 0.1) is 18.5 Å². The van der Waals surface area contributed by atoms with Gasteiger partial charge < -0.3 is 24.4 Å². The maximum Gasteiger partial charge on any atom is 0.410 e. The van der Waals surface area contributed by atoms with Crippen LogP contribution in [0.4, 0.5) is 9.59 Å². The molecule has 2 amide bonds. The van der Waals surface area contributed by atoms with E-state index in [-0.39, 0.29) is 36.7 Å². The molecule has 4 rings (SSSR count). The van der Waals surface area contributed by atoms with Crippen LogP contribution in [0.1, 0.15) is 50.7 Å². The summed E-state index contributed by atoms with van der Waals surface area (Å²) in [7, 11) is -3.49. The fraction of sp³-hybridized carbons (Fsp3) is 0.548. The van der Waals surface area contributed by atoms with E-state index < -0.39 is 16.2 Å². The van der Waals surface area contributed by atoms with Gasteiger partial charge in [-0.15, -0.1) is 0 Å². The van der Waals surface area contributed by atoms with E-state index in [0.29, 0.717) is 26.2 Å². The molecule has 0 aromatic heterocycles. The van der Waals surface area contributed by atoms with E-state index in [1.807, 2.05) is 60.7 Å². The van der Waals surface area contributed by atoms with E-state index in [9.17, 15) is 23.1 Å². The average Bonchev–Trinajstić information content (AvgIpc) is 2.99. The van der Waals surface area contributed by atoms with Crippen LogP contribution in [-0.2, 0) is 37.0 Å². The minimum Gasteiger partial charge on any atom is -0.445 e. The number of nitrogens with zero attached hydrogens (tertiary/aromatic N) is 2. The molecule has 2 fully saturated rings.